The molecule has 3 nitrogen and oxygen atoms in total. The van der Waals surface area contributed by atoms with E-state index >= 15 is 0 Å². The van der Waals surface area contributed by atoms with Gasteiger partial charge < -0.3 is 15.2 Å². The fraction of sp³-hybridized carbons (Fsp3) is 0.600. The molecule has 2 aliphatic heterocycles. The van der Waals surface area contributed by atoms with Crippen LogP contribution in [0.25, 0.3) is 0 Å². The Morgan fingerprint density at radius 1 is 1.55 bits per heavy atom. The summed E-state index contributed by atoms with van der Waals surface area (Å²) in [4.78, 5) is 1.29. The first kappa shape index (κ1) is 14.7. The lowest BCUT2D eigenvalue weighted by atomic mass is 9.95. The molecule has 3 rings (SSSR count). The summed E-state index contributed by atoms with van der Waals surface area (Å²) in [6, 6.07) is 6.34. The lowest BCUT2D eigenvalue weighted by Crippen LogP contribution is -2.47. The molecular weight excluding hydrogens is 294 g/mol. The Hall–Kier alpha value is -0.260. The molecule has 0 radical (unpaired) electrons. The van der Waals surface area contributed by atoms with Crippen LogP contribution in [-0.4, -0.2) is 35.7 Å². The number of hydrogen-bond acceptors (Lipinski definition) is 4. The van der Waals surface area contributed by atoms with E-state index < -0.39 is 5.60 Å². The lowest BCUT2D eigenvalue weighted by molar-refractivity contribution is -0.0278. The summed E-state index contributed by atoms with van der Waals surface area (Å²) in [7, 11) is 0. The van der Waals surface area contributed by atoms with Crippen molar-refractivity contribution in [2.75, 3.05) is 18.9 Å². The van der Waals surface area contributed by atoms with E-state index in [1.165, 1.54) is 10.5 Å². The maximum atomic E-state index is 10.6. The normalized spacial score (nSPS) is 33.1. The monoisotopic (exact) mass is 313 g/mol. The molecule has 3 atom stereocenters. The minimum absolute atomic E-state index is 0.105. The molecule has 0 saturated carbocycles. The van der Waals surface area contributed by atoms with Gasteiger partial charge in [-0.25, -0.2) is 0 Å². The number of hydrogen-bond donors (Lipinski definition) is 2. The summed E-state index contributed by atoms with van der Waals surface area (Å²) in [5.74, 6) is 1.09. The first-order valence-electron chi connectivity index (χ1n) is 7.08. The third kappa shape index (κ3) is 2.85. The number of ether oxygens (including phenoxy) is 1. The summed E-state index contributed by atoms with van der Waals surface area (Å²) in [6.07, 6.45) is 1.65. The van der Waals surface area contributed by atoms with Crippen molar-refractivity contribution in [2.45, 2.75) is 42.4 Å². The fourth-order valence-electron chi connectivity index (χ4n) is 2.88. The summed E-state index contributed by atoms with van der Waals surface area (Å²) in [5.41, 5.74) is 0.507. The summed E-state index contributed by atoms with van der Waals surface area (Å²) < 4.78 is 5.48. The van der Waals surface area contributed by atoms with Gasteiger partial charge in [-0.15, -0.1) is 11.8 Å². The number of nitrogens with one attached hydrogen (secondary N) is 1. The molecule has 110 valence electrons. The highest BCUT2D eigenvalue weighted by molar-refractivity contribution is 7.99. The van der Waals surface area contributed by atoms with Gasteiger partial charge in [0.15, 0.2) is 0 Å². The molecule has 0 amide bonds. The van der Waals surface area contributed by atoms with Crippen LogP contribution < -0.4 is 5.32 Å². The van der Waals surface area contributed by atoms with Crippen LogP contribution in [0.15, 0.2) is 23.1 Å². The van der Waals surface area contributed by atoms with Gasteiger partial charge in [0.1, 0.15) is 5.60 Å². The molecule has 5 heteroatoms. The Labute approximate surface area is 129 Å². The average molecular weight is 314 g/mol. The van der Waals surface area contributed by atoms with Crippen LogP contribution in [-0.2, 0) is 4.74 Å². The summed E-state index contributed by atoms with van der Waals surface area (Å²) in [6.45, 7) is 3.15. The molecule has 3 unspecified atom stereocenters. The molecule has 0 aromatic heterocycles. The molecule has 2 N–H and O–H groups in total. The van der Waals surface area contributed by atoms with E-state index in [9.17, 15) is 5.11 Å². The van der Waals surface area contributed by atoms with E-state index in [1.807, 2.05) is 30.8 Å². The second-order valence-corrected chi connectivity index (χ2v) is 7.19. The van der Waals surface area contributed by atoms with E-state index in [-0.39, 0.29) is 12.1 Å². The highest BCUT2D eigenvalue weighted by Crippen LogP contribution is 2.38. The van der Waals surface area contributed by atoms with E-state index in [2.05, 4.69) is 11.4 Å². The van der Waals surface area contributed by atoms with Crippen LogP contribution in [0, 0.1) is 0 Å². The van der Waals surface area contributed by atoms with Gasteiger partial charge in [0.25, 0.3) is 0 Å². The van der Waals surface area contributed by atoms with Crippen LogP contribution in [0.4, 0.5) is 0 Å². The highest BCUT2D eigenvalue weighted by atomic mass is 35.5. The number of fused-ring (bicyclic) bond motifs is 1. The van der Waals surface area contributed by atoms with Gasteiger partial charge in [-0.2, -0.15) is 0 Å². The molecule has 0 spiro atoms. The van der Waals surface area contributed by atoms with E-state index in [0.717, 1.165) is 17.2 Å². The van der Waals surface area contributed by atoms with E-state index in [0.29, 0.717) is 19.6 Å². The van der Waals surface area contributed by atoms with Gasteiger partial charge in [0, 0.05) is 35.5 Å². The zero-order valence-electron chi connectivity index (χ0n) is 11.6. The number of rotatable bonds is 3. The summed E-state index contributed by atoms with van der Waals surface area (Å²) >= 11 is 7.99. The maximum absolute atomic E-state index is 10.6. The third-order valence-corrected chi connectivity index (χ3v) is 5.68. The van der Waals surface area contributed by atoms with Crippen molar-refractivity contribution in [3.8, 4) is 0 Å². The SMILES string of the molecule is CC1OCCC1(O)CNC1CCSc2ccc(Cl)cc21. The van der Waals surface area contributed by atoms with Crippen molar-refractivity contribution in [1.29, 1.82) is 0 Å². The molecule has 1 aromatic rings. The second-order valence-electron chi connectivity index (χ2n) is 5.62. The van der Waals surface area contributed by atoms with Crippen molar-refractivity contribution in [3.63, 3.8) is 0 Å². The maximum Gasteiger partial charge on any atom is 0.105 e. The Morgan fingerprint density at radius 3 is 3.15 bits per heavy atom. The standard InChI is InChI=1S/C15H20ClNO2S/c1-10-15(18,5-6-19-10)9-17-13-4-7-20-14-3-2-11(16)8-12(13)14/h2-3,8,10,13,17-18H,4-7,9H2,1H3. The Balaban J connectivity index is 1.72. The van der Waals surface area contributed by atoms with Crippen LogP contribution in [0.5, 0.6) is 0 Å². The van der Waals surface area contributed by atoms with Gasteiger partial charge in [0.05, 0.1) is 6.10 Å². The molecule has 20 heavy (non-hydrogen) atoms. The number of benzene rings is 1. The third-order valence-electron chi connectivity index (χ3n) is 4.33. The van der Waals surface area contributed by atoms with Crippen molar-refractivity contribution in [1.82, 2.24) is 5.32 Å². The number of aliphatic hydroxyl groups is 1. The molecule has 1 saturated heterocycles. The van der Waals surface area contributed by atoms with Gasteiger partial charge in [-0.3, -0.25) is 0 Å². The van der Waals surface area contributed by atoms with Crippen molar-refractivity contribution < 1.29 is 9.84 Å². The zero-order valence-corrected chi connectivity index (χ0v) is 13.1. The van der Waals surface area contributed by atoms with Gasteiger partial charge in [0.2, 0.25) is 0 Å². The molecule has 0 bridgehead atoms. The fourth-order valence-corrected chi connectivity index (χ4v) is 4.17. The van der Waals surface area contributed by atoms with Gasteiger partial charge in [-0.05, 0) is 42.9 Å². The van der Waals surface area contributed by atoms with Gasteiger partial charge in [-0.1, -0.05) is 11.6 Å². The second kappa shape index (κ2) is 5.85. The topological polar surface area (TPSA) is 41.5 Å². The Kier molecular flexibility index (Phi) is 4.29. The molecule has 2 heterocycles. The Morgan fingerprint density at radius 2 is 2.40 bits per heavy atom. The predicted molar refractivity (Wildman–Crippen MR) is 82.5 cm³/mol. The Bertz CT molecular complexity index is 499. The first-order valence-corrected chi connectivity index (χ1v) is 8.44. The summed E-state index contributed by atoms with van der Waals surface area (Å²) in [5, 5.41) is 14.9. The smallest absolute Gasteiger partial charge is 0.105 e. The van der Waals surface area contributed by atoms with Crippen LogP contribution >= 0.6 is 23.4 Å². The van der Waals surface area contributed by atoms with Crippen molar-refractivity contribution in [3.05, 3.63) is 28.8 Å². The minimum atomic E-state index is -0.747. The van der Waals surface area contributed by atoms with Crippen LogP contribution in [0.3, 0.4) is 0 Å². The predicted octanol–water partition coefficient (Wildman–Crippen LogP) is 3.01. The lowest BCUT2D eigenvalue weighted by Gasteiger charge is -2.32. The molecule has 2 aliphatic rings. The quantitative estimate of drug-likeness (QED) is 0.900. The molecule has 0 aliphatic carbocycles. The van der Waals surface area contributed by atoms with Crippen LogP contribution in [0.2, 0.25) is 5.02 Å². The number of thioether (sulfide) groups is 1. The average Bonchev–Trinajstić information content (AvgIpc) is 2.77. The molecule has 1 aromatic carbocycles. The van der Waals surface area contributed by atoms with Crippen molar-refractivity contribution >= 4 is 23.4 Å². The van der Waals surface area contributed by atoms with E-state index in [4.69, 9.17) is 16.3 Å². The first-order chi connectivity index (χ1) is 9.58. The number of halogens is 1. The molecular formula is C15H20ClNO2S. The van der Waals surface area contributed by atoms with Crippen molar-refractivity contribution in [2.24, 2.45) is 0 Å². The minimum Gasteiger partial charge on any atom is -0.386 e. The highest BCUT2D eigenvalue weighted by Gasteiger charge is 2.39. The largest absolute Gasteiger partial charge is 0.386 e. The van der Waals surface area contributed by atoms with E-state index in [1.54, 1.807) is 0 Å². The van der Waals surface area contributed by atoms with Crippen LogP contribution in [0.1, 0.15) is 31.4 Å². The van der Waals surface area contributed by atoms with Gasteiger partial charge >= 0.3 is 0 Å². The molecule has 1 fully saturated rings. The zero-order chi connectivity index (χ0) is 14.2.